The van der Waals surface area contributed by atoms with Crippen molar-refractivity contribution in [1.82, 2.24) is 14.9 Å². The van der Waals surface area contributed by atoms with Gasteiger partial charge in [-0.15, -0.1) is 0 Å². The van der Waals surface area contributed by atoms with E-state index in [2.05, 4.69) is 22.5 Å². The lowest BCUT2D eigenvalue weighted by atomic mass is 10.1. The second-order valence-corrected chi connectivity index (χ2v) is 7.53. The molecule has 0 spiro atoms. The number of aryl methyl sites for hydroxylation is 1. The Morgan fingerprint density at radius 2 is 1.97 bits per heavy atom. The quantitative estimate of drug-likeness (QED) is 0.421. The van der Waals surface area contributed by atoms with Crippen molar-refractivity contribution in [3.8, 4) is 5.75 Å². The van der Waals surface area contributed by atoms with Gasteiger partial charge in [0.25, 0.3) is 5.91 Å². The number of imidazole rings is 1. The maximum Gasteiger partial charge on any atom is 0.251 e. The normalized spacial score (nSPS) is 10.5. The Kier molecular flexibility index (Phi) is 8.86. The summed E-state index contributed by atoms with van der Waals surface area (Å²) in [5.41, 5.74) is 2.25. The molecule has 2 aromatic carbocycles. The Hall–Kier alpha value is -3.61. The van der Waals surface area contributed by atoms with Crippen LogP contribution < -0.4 is 15.4 Å². The van der Waals surface area contributed by atoms with E-state index in [-0.39, 0.29) is 11.8 Å². The fourth-order valence-corrected chi connectivity index (χ4v) is 3.12. The zero-order valence-electron chi connectivity index (χ0n) is 18.4. The van der Waals surface area contributed by atoms with Crippen LogP contribution in [0, 0.1) is 0 Å². The van der Waals surface area contributed by atoms with Crippen molar-refractivity contribution in [2.75, 3.05) is 18.5 Å². The number of amides is 2. The second kappa shape index (κ2) is 12.3. The van der Waals surface area contributed by atoms with Crippen molar-refractivity contribution in [3.63, 3.8) is 0 Å². The minimum atomic E-state index is -0.168. The Bertz CT molecular complexity index is 985. The highest BCUT2D eigenvalue weighted by atomic mass is 16.5. The molecular formula is C25H30N4O3. The Balaban J connectivity index is 1.42. The van der Waals surface area contributed by atoms with Crippen LogP contribution in [-0.2, 0) is 17.8 Å². The number of carbonyl (C=O) groups excluding carboxylic acids is 2. The molecule has 0 fully saturated rings. The van der Waals surface area contributed by atoms with E-state index in [9.17, 15) is 9.59 Å². The largest absolute Gasteiger partial charge is 0.494 e. The van der Waals surface area contributed by atoms with Crippen LogP contribution in [0.2, 0.25) is 0 Å². The van der Waals surface area contributed by atoms with Crippen LogP contribution in [0.25, 0.3) is 0 Å². The average Bonchev–Trinajstić information content (AvgIpc) is 3.33. The van der Waals surface area contributed by atoms with Gasteiger partial charge in [0.1, 0.15) is 5.75 Å². The molecule has 0 unspecified atom stereocenters. The minimum absolute atomic E-state index is 0.113. The number of anilines is 1. The van der Waals surface area contributed by atoms with Crippen LogP contribution in [0.1, 0.15) is 42.1 Å². The molecule has 2 N–H and O–H groups in total. The van der Waals surface area contributed by atoms with Crippen molar-refractivity contribution >= 4 is 17.5 Å². The number of unbranched alkanes of at least 4 members (excludes halogenated alkanes) is 1. The maximum atomic E-state index is 12.5. The average molecular weight is 435 g/mol. The fourth-order valence-electron chi connectivity index (χ4n) is 3.12. The maximum absolute atomic E-state index is 12.5. The fraction of sp³-hybridized carbons (Fsp3) is 0.320. The summed E-state index contributed by atoms with van der Waals surface area (Å²) < 4.78 is 7.51. The summed E-state index contributed by atoms with van der Waals surface area (Å²) in [5, 5.41) is 5.78. The summed E-state index contributed by atoms with van der Waals surface area (Å²) in [7, 11) is 0. The van der Waals surface area contributed by atoms with Crippen LogP contribution in [0.5, 0.6) is 5.75 Å². The Morgan fingerprint density at radius 1 is 1.12 bits per heavy atom. The van der Waals surface area contributed by atoms with Gasteiger partial charge in [-0.25, -0.2) is 4.98 Å². The van der Waals surface area contributed by atoms with Gasteiger partial charge < -0.3 is 19.9 Å². The molecule has 32 heavy (non-hydrogen) atoms. The minimum Gasteiger partial charge on any atom is -0.494 e. The molecule has 168 valence electrons. The SMILES string of the molecule is CCCCOc1ccc(CCNC(=O)c2cccc(NC(=O)CCn3ccnc3)c2)cc1. The van der Waals surface area contributed by atoms with E-state index in [0.717, 1.165) is 37.2 Å². The van der Waals surface area contributed by atoms with Crippen LogP contribution >= 0.6 is 0 Å². The second-order valence-electron chi connectivity index (χ2n) is 7.53. The molecule has 0 radical (unpaired) electrons. The summed E-state index contributed by atoms with van der Waals surface area (Å²) in [6, 6.07) is 14.9. The topological polar surface area (TPSA) is 85.3 Å². The van der Waals surface area contributed by atoms with E-state index in [0.29, 0.717) is 30.8 Å². The first-order chi connectivity index (χ1) is 15.6. The number of hydrogen-bond acceptors (Lipinski definition) is 4. The van der Waals surface area contributed by atoms with Gasteiger partial charge in [0, 0.05) is 43.2 Å². The molecular weight excluding hydrogens is 404 g/mol. The standard InChI is InChI=1S/C25H30N4O3/c1-2-3-17-32-23-9-7-20(8-10-23)11-13-27-25(31)21-5-4-6-22(18-21)28-24(30)12-15-29-16-14-26-19-29/h4-10,14,16,18-19H,2-3,11-13,15,17H2,1H3,(H,27,31)(H,28,30). The van der Waals surface area contributed by atoms with Gasteiger partial charge in [-0.2, -0.15) is 0 Å². The molecule has 3 rings (SSSR count). The van der Waals surface area contributed by atoms with Gasteiger partial charge in [0.05, 0.1) is 12.9 Å². The van der Waals surface area contributed by atoms with E-state index in [1.54, 1.807) is 36.8 Å². The highest BCUT2D eigenvalue weighted by Gasteiger charge is 2.08. The van der Waals surface area contributed by atoms with Gasteiger partial charge in [-0.3, -0.25) is 9.59 Å². The third kappa shape index (κ3) is 7.58. The monoisotopic (exact) mass is 434 g/mol. The summed E-state index contributed by atoms with van der Waals surface area (Å²) in [4.78, 5) is 28.6. The zero-order valence-corrected chi connectivity index (χ0v) is 18.4. The van der Waals surface area contributed by atoms with Gasteiger partial charge >= 0.3 is 0 Å². The molecule has 7 heteroatoms. The van der Waals surface area contributed by atoms with Crippen molar-refractivity contribution in [2.45, 2.75) is 39.2 Å². The Morgan fingerprint density at radius 3 is 2.72 bits per heavy atom. The predicted molar refractivity (Wildman–Crippen MR) is 125 cm³/mol. The number of benzene rings is 2. The first kappa shape index (κ1) is 23.1. The third-order valence-electron chi connectivity index (χ3n) is 4.95. The molecule has 1 aromatic heterocycles. The van der Waals surface area contributed by atoms with Gasteiger partial charge in [0.2, 0.25) is 5.91 Å². The molecule has 3 aromatic rings. The summed E-state index contributed by atoms with van der Waals surface area (Å²) >= 11 is 0. The lowest BCUT2D eigenvalue weighted by Gasteiger charge is -2.09. The van der Waals surface area contributed by atoms with E-state index < -0.39 is 0 Å². The highest BCUT2D eigenvalue weighted by Crippen LogP contribution is 2.14. The van der Waals surface area contributed by atoms with Gasteiger partial charge in [0.15, 0.2) is 0 Å². The number of nitrogens with one attached hydrogen (secondary N) is 2. The molecule has 0 aliphatic heterocycles. The van der Waals surface area contributed by atoms with Crippen molar-refractivity contribution in [1.29, 1.82) is 0 Å². The number of carbonyl (C=O) groups is 2. The van der Waals surface area contributed by atoms with Crippen LogP contribution in [-0.4, -0.2) is 34.5 Å². The lowest BCUT2D eigenvalue weighted by molar-refractivity contribution is -0.116. The van der Waals surface area contributed by atoms with Crippen LogP contribution in [0.15, 0.2) is 67.3 Å². The smallest absolute Gasteiger partial charge is 0.251 e. The number of aromatic nitrogens is 2. The van der Waals surface area contributed by atoms with Crippen molar-refractivity contribution in [3.05, 3.63) is 78.4 Å². The lowest BCUT2D eigenvalue weighted by Crippen LogP contribution is -2.25. The molecule has 7 nitrogen and oxygen atoms in total. The van der Waals surface area contributed by atoms with Crippen molar-refractivity contribution < 1.29 is 14.3 Å². The summed E-state index contributed by atoms with van der Waals surface area (Å²) in [6.45, 7) is 3.95. The molecule has 0 aliphatic carbocycles. The van der Waals surface area contributed by atoms with Crippen molar-refractivity contribution in [2.24, 2.45) is 0 Å². The third-order valence-corrected chi connectivity index (χ3v) is 4.95. The first-order valence-corrected chi connectivity index (χ1v) is 11.0. The summed E-state index contributed by atoms with van der Waals surface area (Å²) in [6.07, 6.45) is 8.38. The van der Waals surface area contributed by atoms with E-state index >= 15 is 0 Å². The molecule has 0 aliphatic rings. The molecule has 0 atom stereocenters. The number of rotatable bonds is 12. The van der Waals surface area contributed by atoms with E-state index in [4.69, 9.17) is 4.74 Å². The molecule has 1 heterocycles. The molecule has 2 amide bonds. The zero-order chi connectivity index (χ0) is 22.6. The molecule has 0 bridgehead atoms. The van der Waals surface area contributed by atoms with E-state index in [1.807, 2.05) is 35.0 Å². The first-order valence-electron chi connectivity index (χ1n) is 11.0. The van der Waals surface area contributed by atoms with Crippen LogP contribution in [0.4, 0.5) is 5.69 Å². The number of hydrogen-bond donors (Lipinski definition) is 2. The van der Waals surface area contributed by atoms with E-state index in [1.165, 1.54) is 0 Å². The summed E-state index contributed by atoms with van der Waals surface area (Å²) in [5.74, 6) is 0.590. The van der Waals surface area contributed by atoms with Crippen LogP contribution in [0.3, 0.4) is 0 Å². The van der Waals surface area contributed by atoms with Gasteiger partial charge in [-0.05, 0) is 48.7 Å². The number of nitrogens with zero attached hydrogens (tertiary/aromatic N) is 2. The predicted octanol–water partition coefficient (Wildman–Crippen LogP) is 4.06. The Labute approximate surface area is 188 Å². The molecule has 0 saturated heterocycles. The van der Waals surface area contributed by atoms with Gasteiger partial charge in [-0.1, -0.05) is 31.5 Å². The molecule has 0 saturated carbocycles. The number of ether oxygens (including phenoxy) is 1. The highest BCUT2D eigenvalue weighted by molar-refractivity contribution is 5.97.